The van der Waals surface area contributed by atoms with Gasteiger partial charge in [0, 0.05) is 25.6 Å². The standard InChI is InChI=1S/C26H34N4O4/c31-23(9-8-21-25(32)30(26(33)27-21)16-20-6-4-12-34-20)29-11-3-5-17-13-18-14-19(24(17)29)15-28-10-2-1-7-22(18)28/h4,6,12-13,18-19,21-22,24H,1-3,5,7-11,14-16H2,(H,27,33)/t18-,19-,21-,22+,24+/m0/s1. The third kappa shape index (κ3) is 3.85. The second-order valence-corrected chi connectivity index (χ2v) is 10.6. The van der Waals surface area contributed by atoms with E-state index >= 15 is 0 Å². The maximum atomic E-state index is 13.4. The highest BCUT2D eigenvalue weighted by Gasteiger charge is 2.47. The molecule has 4 saturated heterocycles. The molecule has 182 valence electrons. The Labute approximate surface area is 200 Å². The molecule has 6 rings (SSSR count). The highest BCUT2D eigenvalue weighted by Crippen LogP contribution is 2.45. The monoisotopic (exact) mass is 466 g/mol. The number of amides is 4. The topological polar surface area (TPSA) is 86.1 Å². The van der Waals surface area contributed by atoms with Crippen molar-refractivity contribution in [1.82, 2.24) is 20.0 Å². The van der Waals surface area contributed by atoms with Crippen LogP contribution < -0.4 is 5.32 Å². The summed E-state index contributed by atoms with van der Waals surface area (Å²) < 4.78 is 5.28. The van der Waals surface area contributed by atoms with Crippen LogP contribution in [0.1, 0.15) is 57.1 Å². The molecule has 5 heterocycles. The van der Waals surface area contributed by atoms with Crippen molar-refractivity contribution in [2.75, 3.05) is 19.6 Å². The lowest BCUT2D eigenvalue weighted by atomic mass is 9.68. The molecular formula is C26H34N4O4. The van der Waals surface area contributed by atoms with Crippen molar-refractivity contribution in [3.05, 3.63) is 35.8 Å². The first-order valence-corrected chi connectivity index (χ1v) is 13.0. The number of likely N-dealkylation sites (tertiary alicyclic amines) is 1. The molecule has 4 fully saturated rings. The quantitative estimate of drug-likeness (QED) is 0.533. The minimum atomic E-state index is -0.647. The van der Waals surface area contributed by atoms with E-state index in [0.717, 1.165) is 25.9 Å². The maximum Gasteiger partial charge on any atom is 0.325 e. The summed E-state index contributed by atoms with van der Waals surface area (Å²) in [6.07, 6.45) is 11.9. The molecule has 1 aromatic rings. The fourth-order valence-corrected chi connectivity index (χ4v) is 7.15. The third-order valence-corrected chi connectivity index (χ3v) is 8.63. The van der Waals surface area contributed by atoms with Gasteiger partial charge < -0.3 is 14.6 Å². The normalized spacial score (nSPS) is 33.3. The minimum Gasteiger partial charge on any atom is -0.467 e. The van der Waals surface area contributed by atoms with Crippen LogP contribution in [0.4, 0.5) is 4.79 Å². The first-order chi connectivity index (χ1) is 16.6. The van der Waals surface area contributed by atoms with Crippen LogP contribution in [0.15, 0.2) is 34.5 Å². The van der Waals surface area contributed by atoms with E-state index in [1.54, 1.807) is 12.1 Å². The van der Waals surface area contributed by atoms with E-state index in [1.165, 1.54) is 49.0 Å². The summed E-state index contributed by atoms with van der Waals surface area (Å²) in [6.45, 7) is 3.21. The molecule has 1 aliphatic carbocycles. The van der Waals surface area contributed by atoms with Gasteiger partial charge in [-0.3, -0.25) is 19.4 Å². The Kier molecular flexibility index (Phi) is 5.71. The molecule has 1 N–H and O–H groups in total. The molecule has 0 saturated carbocycles. The number of piperidine rings is 3. The predicted molar refractivity (Wildman–Crippen MR) is 124 cm³/mol. The second-order valence-electron chi connectivity index (χ2n) is 10.6. The highest BCUT2D eigenvalue weighted by molar-refractivity contribution is 6.04. The van der Waals surface area contributed by atoms with E-state index < -0.39 is 12.1 Å². The van der Waals surface area contributed by atoms with Crippen LogP contribution in [0.3, 0.4) is 0 Å². The second kappa shape index (κ2) is 8.87. The van der Waals surface area contributed by atoms with Crippen LogP contribution in [-0.2, 0) is 16.1 Å². The van der Waals surface area contributed by atoms with Gasteiger partial charge in [0.2, 0.25) is 5.91 Å². The maximum absolute atomic E-state index is 13.4. The fourth-order valence-electron chi connectivity index (χ4n) is 7.15. The zero-order valence-corrected chi connectivity index (χ0v) is 19.7. The Bertz CT molecular complexity index is 989. The molecule has 8 nitrogen and oxygen atoms in total. The molecular weight excluding hydrogens is 432 g/mol. The number of carbonyl (C=O) groups is 3. The number of urea groups is 1. The number of carbonyl (C=O) groups excluding carboxylic acids is 3. The number of hydrogen-bond acceptors (Lipinski definition) is 5. The largest absolute Gasteiger partial charge is 0.467 e. The van der Waals surface area contributed by atoms with Gasteiger partial charge in [-0.1, -0.05) is 18.1 Å². The SMILES string of the molecule is O=C1N[C@@H](CCC(=O)N2CCCC3=C[C@H]4C[C@@H](CN5CCCC[C@H]45)[C@@H]32)C(=O)N1Cc1ccco1. The average Bonchev–Trinajstić information content (AvgIpc) is 3.46. The lowest BCUT2D eigenvalue weighted by Crippen LogP contribution is -2.60. The van der Waals surface area contributed by atoms with E-state index in [9.17, 15) is 14.4 Å². The van der Waals surface area contributed by atoms with E-state index in [2.05, 4.69) is 21.2 Å². The summed E-state index contributed by atoms with van der Waals surface area (Å²) in [7, 11) is 0. The Morgan fingerprint density at radius 2 is 2.09 bits per heavy atom. The van der Waals surface area contributed by atoms with Gasteiger partial charge in [-0.15, -0.1) is 0 Å². The molecule has 5 aliphatic rings. The van der Waals surface area contributed by atoms with Crippen LogP contribution in [0.5, 0.6) is 0 Å². The number of imide groups is 1. The predicted octanol–water partition coefficient (Wildman–Crippen LogP) is 2.90. The minimum absolute atomic E-state index is 0.112. The molecule has 8 heteroatoms. The van der Waals surface area contributed by atoms with Crippen molar-refractivity contribution < 1.29 is 18.8 Å². The van der Waals surface area contributed by atoms with Crippen LogP contribution in [-0.4, -0.2) is 70.3 Å². The first kappa shape index (κ1) is 21.9. The third-order valence-electron chi connectivity index (χ3n) is 8.63. The van der Waals surface area contributed by atoms with Crippen LogP contribution in [0.2, 0.25) is 0 Å². The van der Waals surface area contributed by atoms with Gasteiger partial charge in [-0.25, -0.2) is 4.79 Å². The van der Waals surface area contributed by atoms with Crippen molar-refractivity contribution in [1.29, 1.82) is 0 Å². The molecule has 0 radical (unpaired) electrons. The van der Waals surface area contributed by atoms with Gasteiger partial charge in [-0.2, -0.15) is 0 Å². The summed E-state index contributed by atoms with van der Waals surface area (Å²) in [5.74, 6) is 1.55. The number of furan rings is 1. The fraction of sp³-hybridized carbons (Fsp3) is 0.654. The molecule has 4 amide bonds. The van der Waals surface area contributed by atoms with Crippen molar-refractivity contribution in [2.45, 2.75) is 76.0 Å². The van der Waals surface area contributed by atoms with Crippen LogP contribution in [0.25, 0.3) is 0 Å². The first-order valence-electron chi connectivity index (χ1n) is 13.0. The molecule has 2 bridgehead atoms. The average molecular weight is 467 g/mol. The van der Waals surface area contributed by atoms with Gasteiger partial charge in [0.25, 0.3) is 5.91 Å². The molecule has 1 aromatic heterocycles. The van der Waals surface area contributed by atoms with Gasteiger partial charge in [0.15, 0.2) is 0 Å². The van der Waals surface area contributed by atoms with E-state index in [1.807, 2.05) is 0 Å². The molecule has 4 aliphatic heterocycles. The van der Waals surface area contributed by atoms with Crippen molar-refractivity contribution in [2.24, 2.45) is 11.8 Å². The Morgan fingerprint density at radius 3 is 2.94 bits per heavy atom. The van der Waals surface area contributed by atoms with Crippen LogP contribution in [0, 0.1) is 11.8 Å². The summed E-state index contributed by atoms with van der Waals surface area (Å²) >= 11 is 0. The van der Waals surface area contributed by atoms with Gasteiger partial charge in [0.1, 0.15) is 11.8 Å². The summed E-state index contributed by atoms with van der Waals surface area (Å²) in [4.78, 5) is 44.5. The Hall–Kier alpha value is -2.61. The Morgan fingerprint density at radius 1 is 1.18 bits per heavy atom. The van der Waals surface area contributed by atoms with Crippen molar-refractivity contribution >= 4 is 17.8 Å². The van der Waals surface area contributed by atoms with Gasteiger partial charge in [0.05, 0.1) is 18.8 Å². The molecule has 0 unspecified atom stereocenters. The lowest BCUT2D eigenvalue weighted by Gasteiger charge is -2.54. The summed E-state index contributed by atoms with van der Waals surface area (Å²) in [6, 6.07) is 3.32. The Balaban J connectivity index is 1.11. The zero-order valence-electron chi connectivity index (χ0n) is 19.7. The summed E-state index contributed by atoms with van der Waals surface area (Å²) in [5.41, 5.74) is 1.47. The molecule has 0 aromatic carbocycles. The van der Waals surface area contributed by atoms with Crippen LogP contribution >= 0.6 is 0 Å². The number of hydrogen-bond donors (Lipinski definition) is 1. The molecule has 5 atom stereocenters. The molecule has 34 heavy (non-hydrogen) atoms. The lowest BCUT2D eigenvalue weighted by molar-refractivity contribution is -0.136. The smallest absolute Gasteiger partial charge is 0.325 e. The summed E-state index contributed by atoms with van der Waals surface area (Å²) in [5, 5.41) is 2.75. The number of nitrogens with one attached hydrogen (secondary N) is 1. The zero-order chi connectivity index (χ0) is 23.2. The number of rotatable bonds is 5. The van der Waals surface area contributed by atoms with Crippen molar-refractivity contribution in [3.63, 3.8) is 0 Å². The number of fused-ring (bicyclic) bond motifs is 6. The highest BCUT2D eigenvalue weighted by atomic mass is 16.3. The van der Waals surface area contributed by atoms with Gasteiger partial charge >= 0.3 is 6.03 Å². The van der Waals surface area contributed by atoms with E-state index in [0.29, 0.717) is 30.1 Å². The van der Waals surface area contributed by atoms with E-state index in [4.69, 9.17) is 4.42 Å². The number of nitrogens with zero attached hydrogens (tertiary/aromatic N) is 3. The van der Waals surface area contributed by atoms with E-state index in [-0.39, 0.29) is 30.8 Å². The van der Waals surface area contributed by atoms with Gasteiger partial charge in [-0.05, 0) is 69.0 Å². The van der Waals surface area contributed by atoms with Crippen molar-refractivity contribution in [3.8, 4) is 0 Å². The molecule has 0 spiro atoms.